The predicted octanol–water partition coefficient (Wildman–Crippen LogP) is 3.98. The summed E-state index contributed by atoms with van der Waals surface area (Å²) in [5, 5.41) is 0.496. The molecule has 1 aromatic carbocycles. The van der Waals surface area contributed by atoms with Gasteiger partial charge in [-0.25, -0.2) is 13.1 Å². The number of nitrogens with one attached hydrogen (secondary N) is 1. The van der Waals surface area contributed by atoms with E-state index in [0.29, 0.717) is 23.0 Å². The molecule has 1 unspecified atom stereocenters. The van der Waals surface area contributed by atoms with Crippen LogP contribution in [0.15, 0.2) is 24.3 Å². The first-order valence-electron chi connectivity index (χ1n) is 7.19. The minimum absolute atomic E-state index is 0.0586. The minimum atomic E-state index is -3.32. The maximum atomic E-state index is 12.1. The highest BCUT2D eigenvalue weighted by Gasteiger charge is 2.15. The fourth-order valence-corrected chi connectivity index (χ4v) is 3.59. The first kappa shape index (κ1) is 17.5. The van der Waals surface area contributed by atoms with Gasteiger partial charge in [0.2, 0.25) is 10.0 Å². The molecule has 0 aliphatic rings. The molecule has 0 bridgehead atoms. The Balaban J connectivity index is 2.55. The van der Waals surface area contributed by atoms with Gasteiger partial charge in [0.05, 0.1) is 5.75 Å². The number of hydrogen-bond acceptors (Lipinski definition) is 2. The van der Waals surface area contributed by atoms with E-state index in [1.165, 1.54) is 0 Å². The third-order valence-corrected chi connectivity index (χ3v) is 5.10. The van der Waals surface area contributed by atoms with Gasteiger partial charge in [-0.1, -0.05) is 62.9 Å². The molecule has 1 aromatic rings. The van der Waals surface area contributed by atoms with Crippen molar-refractivity contribution in [1.29, 1.82) is 0 Å². The molecule has 0 aromatic heterocycles. The van der Waals surface area contributed by atoms with Gasteiger partial charge in [0, 0.05) is 11.6 Å². The zero-order chi connectivity index (χ0) is 15.0. The van der Waals surface area contributed by atoms with Gasteiger partial charge in [-0.2, -0.15) is 0 Å². The van der Waals surface area contributed by atoms with Crippen molar-refractivity contribution in [2.75, 3.05) is 6.54 Å². The largest absolute Gasteiger partial charge is 0.215 e. The molecule has 1 atom stereocenters. The second-order valence-electron chi connectivity index (χ2n) is 5.12. The first-order chi connectivity index (χ1) is 9.48. The van der Waals surface area contributed by atoms with Gasteiger partial charge in [0.15, 0.2) is 0 Å². The minimum Gasteiger partial charge on any atom is -0.215 e. The average molecular weight is 318 g/mol. The quantitative estimate of drug-likeness (QED) is 0.749. The highest BCUT2D eigenvalue weighted by Crippen LogP contribution is 2.18. The van der Waals surface area contributed by atoms with Gasteiger partial charge in [0.25, 0.3) is 0 Å². The highest BCUT2D eigenvalue weighted by molar-refractivity contribution is 7.88. The van der Waals surface area contributed by atoms with Gasteiger partial charge >= 0.3 is 0 Å². The number of benzene rings is 1. The Morgan fingerprint density at radius 2 is 1.95 bits per heavy atom. The Labute approximate surface area is 127 Å². The molecule has 0 radical (unpaired) electrons. The number of rotatable bonds is 9. The van der Waals surface area contributed by atoms with Crippen LogP contribution in [0, 0.1) is 5.92 Å². The number of sulfonamides is 1. The lowest BCUT2D eigenvalue weighted by Gasteiger charge is -2.15. The summed E-state index contributed by atoms with van der Waals surface area (Å²) in [6.07, 6.45) is 4.35. The van der Waals surface area contributed by atoms with E-state index < -0.39 is 10.0 Å². The summed E-state index contributed by atoms with van der Waals surface area (Å²) in [5.41, 5.74) is 0.642. The van der Waals surface area contributed by atoms with Crippen LogP contribution in [-0.4, -0.2) is 15.0 Å². The van der Waals surface area contributed by atoms with Crippen LogP contribution in [0.1, 0.15) is 45.1 Å². The summed E-state index contributed by atoms with van der Waals surface area (Å²) in [4.78, 5) is 0. The summed E-state index contributed by atoms with van der Waals surface area (Å²) in [6.45, 7) is 4.76. The van der Waals surface area contributed by atoms with E-state index in [9.17, 15) is 8.42 Å². The summed E-state index contributed by atoms with van der Waals surface area (Å²) < 4.78 is 26.9. The molecule has 0 saturated heterocycles. The third-order valence-electron chi connectivity index (χ3n) is 3.44. The van der Waals surface area contributed by atoms with E-state index in [0.717, 1.165) is 25.7 Å². The Hall–Kier alpha value is -0.580. The van der Waals surface area contributed by atoms with Crippen molar-refractivity contribution in [3.05, 3.63) is 34.9 Å². The first-order valence-corrected chi connectivity index (χ1v) is 9.22. The van der Waals surface area contributed by atoms with Crippen molar-refractivity contribution in [1.82, 2.24) is 4.72 Å². The SMILES string of the molecule is CCCCC(CC)CNS(=O)(=O)Cc1ccccc1Cl. The van der Waals surface area contributed by atoms with Crippen LogP contribution >= 0.6 is 11.6 Å². The Morgan fingerprint density at radius 3 is 2.55 bits per heavy atom. The van der Waals surface area contributed by atoms with E-state index in [-0.39, 0.29) is 5.75 Å². The Bertz CT molecular complexity index is 502. The number of hydrogen-bond donors (Lipinski definition) is 1. The van der Waals surface area contributed by atoms with Crippen LogP contribution in [0.4, 0.5) is 0 Å². The lowest BCUT2D eigenvalue weighted by atomic mass is 10.00. The zero-order valence-electron chi connectivity index (χ0n) is 12.2. The van der Waals surface area contributed by atoms with Crippen LogP contribution in [-0.2, 0) is 15.8 Å². The molecule has 20 heavy (non-hydrogen) atoms. The fourth-order valence-electron chi connectivity index (χ4n) is 2.06. The van der Waals surface area contributed by atoms with Gasteiger partial charge < -0.3 is 0 Å². The molecule has 1 N–H and O–H groups in total. The molecule has 0 saturated carbocycles. The summed E-state index contributed by atoms with van der Waals surface area (Å²) in [5.74, 6) is 0.354. The van der Waals surface area contributed by atoms with Crippen LogP contribution < -0.4 is 4.72 Å². The lowest BCUT2D eigenvalue weighted by Crippen LogP contribution is -2.30. The third kappa shape index (κ3) is 6.25. The normalized spacial score (nSPS) is 13.3. The summed E-state index contributed by atoms with van der Waals surface area (Å²) in [7, 11) is -3.32. The number of unbranched alkanes of at least 4 members (excludes halogenated alkanes) is 1. The average Bonchev–Trinajstić information content (AvgIpc) is 2.41. The molecule has 5 heteroatoms. The molecular weight excluding hydrogens is 294 g/mol. The van der Waals surface area contributed by atoms with Crippen LogP contribution in [0.25, 0.3) is 0 Å². The topological polar surface area (TPSA) is 46.2 Å². The molecule has 114 valence electrons. The molecule has 0 aliphatic carbocycles. The summed E-state index contributed by atoms with van der Waals surface area (Å²) >= 11 is 6.00. The van der Waals surface area contributed by atoms with Crippen molar-refractivity contribution < 1.29 is 8.42 Å². The van der Waals surface area contributed by atoms with E-state index in [4.69, 9.17) is 11.6 Å². The van der Waals surface area contributed by atoms with Crippen molar-refractivity contribution in [2.45, 2.75) is 45.3 Å². The molecule has 1 rings (SSSR count). The van der Waals surface area contributed by atoms with E-state index >= 15 is 0 Å². The van der Waals surface area contributed by atoms with Gasteiger partial charge in [0.1, 0.15) is 0 Å². The van der Waals surface area contributed by atoms with Crippen molar-refractivity contribution in [3.63, 3.8) is 0 Å². The molecule has 0 aliphatic heterocycles. The van der Waals surface area contributed by atoms with Crippen molar-refractivity contribution in [3.8, 4) is 0 Å². The predicted molar refractivity (Wildman–Crippen MR) is 85.4 cm³/mol. The van der Waals surface area contributed by atoms with E-state index in [1.54, 1.807) is 24.3 Å². The van der Waals surface area contributed by atoms with Crippen molar-refractivity contribution >= 4 is 21.6 Å². The monoisotopic (exact) mass is 317 g/mol. The molecule has 0 spiro atoms. The molecular formula is C15H24ClNO2S. The standard InChI is InChI=1S/C15H24ClNO2S/c1-3-5-8-13(4-2)11-17-20(18,19)12-14-9-6-7-10-15(14)16/h6-7,9-10,13,17H,3-5,8,11-12H2,1-2H3. The molecule has 0 amide bonds. The number of halogens is 1. The van der Waals surface area contributed by atoms with Gasteiger partial charge in [-0.3, -0.25) is 0 Å². The Kier molecular flexibility index (Phi) is 7.56. The van der Waals surface area contributed by atoms with E-state index in [2.05, 4.69) is 18.6 Å². The van der Waals surface area contributed by atoms with Crippen LogP contribution in [0.5, 0.6) is 0 Å². The van der Waals surface area contributed by atoms with Gasteiger partial charge in [-0.15, -0.1) is 0 Å². The van der Waals surface area contributed by atoms with Crippen LogP contribution in [0.3, 0.4) is 0 Å². The zero-order valence-corrected chi connectivity index (χ0v) is 13.8. The summed E-state index contributed by atoms with van der Waals surface area (Å²) in [6, 6.07) is 7.05. The second kappa shape index (κ2) is 8.65. The molecule has 3 nitrogen and oxygen atoms in total. The smallest absolute Gasteiger partial charge is 0.215 e. The fraction of sp³-hybridized carbons (Fsp3) is 0.600. The molecule has 0 heterocycles. The highest BCUT2D eigenvalue weighted by atomic mass is 35.5. The van der Waals surface area contributed by atoms with Crippen molar-refractivity contribution in [2.24, 2.45) is 5.92 Å². The maximum absolute atomic E-state index is 12.1. The Morgan fingerprint density at radius 1 is 1.25 bits per heavy atom. The molecule has 0 fully saturated rings. The lowest BCUT2D eigenvalue weighted by molar-refractivity contribution is 0.443. The van der Waals surface area contributed by atoms with Crippen LogP contribution in [0.2, 0.25) is 5.02 Å². The van der Waals surface area contributed by atoms with E-state index in [1.807, 2.05) is 0 Å². The van der Waals surface area contributed by atoms with Gasteiger partial charge in [-0.05, 0) is 24.0 Å². The maximum Gasteiger partial charge on any atom is 0.215 e. The second-order valence-corrected chi connectivity index (χ2v) is 7.33.